The highest BCUT2D eigenvalue weighted by molar-refractivity contribution is 6.16. The van der Waals surface area contributed by atoms with Gasteiger partial charge in [-0.2, -0.15) is 0 Å². The van der Waals surface area contributed by atoms with Crippen molar-refractivity contribution in [3.8, 4) is 118 Å². The lowest BCUT2D eigenvalue weighted by atomic mass is 9.81. The number of fused-ring (bicyclic) bond motifs is 9. The van der Waals surface area contributed by atoms with Crippen molar-refractivity contribution in [1.82, 2.24) is 33.6 Å². The van der Waals surface area contributed by atoms with Crippen LogP contribution in [0.2, 0.25) is 0 Å². The first-order valence-corrected chi connectivity index (χ1v) is 33.6. The van der Waals surface area contributed by atoms with Crippen LogP contribution in [0.3, 0.4) is 0 Å². The Kier molecular flexibility index (Phi) is 13.7. The number of hydrogen-bond donors (Lipinski definition) is 0. The van der Waals surface area contributed by atoms with Crippen LogP contribution in [0.1, 0.15) is 0 Å². The molecule has 0 saturated heterocycles. The fraction of sp³-hybridized carbons (Fsp3) is 0. The highest BCUT2D eigenvalue weighted by atomic mass is 15.0. The Morgan fingerprint density at radius 1 is 0.172 bits per heavy atom. The quantitative estimate of drug-likeness (QED) is 0.122. The first-order chi connectivity index (χ1) is 49.1. The molecule has 0 spiro atoms. The number of para-hydroxylation sites is 6. The first-order valence-electron chi connectivity index (χ1n) is 33.6. The molecule has 0 bridgehead atoms. The van der Waals surface area contributed by atoms with E-state index in [1.54, 1.807) is 0 Å². The normalized spacial score (nSPS) is 11.6. The molecule has 0 N–H and O–H groups in total. The van der Waals surface area contributed by atoms with Crippen molar-refractivity contribution in [3.05, 3.63) is 358 Å². The van der Waals surface area contributed by atoms with Gasteiger partial charge in [-0.05, 0) is 137 Å². The van der Waals surface area contributed by atoms with Crippen molar-refractivity contribution in [2.45, 2.75) is 0 Å². The number of hydrogen-bond acceptors (Lipinski definition) is 4. The van der Waals surface area contributed by atoms with Gasteiger partial charge in [-0.15, -0.1) is 0 Å². The molecule has 0 aliphatic heterocycles. The predicted octanol–water partition coefficient (Wildman–Crippen LogP) is 23.6. The van der Waals surface area contributed by atoms with Crippen LogP contribution in [-0.2, 0) is 0 Å². The first kappa shape index (κ1) is 57.1. The SMILES string of the molecule is c1ccc(-c2cc(-c3ccccc3)nc(-c3c(-c4ccc5c(c4)c4ccccc4n5-c4ccccc4)cc(-c4ccc5c(c4)c4ccccc4n5-c4ccccc4)c(-c4nc(-c5ccccc5)cc(-c5ccccc5)n4)c3-c3ccc4c(c3)c3ccccc3n4-c3ccccc3)n2)cc1. The number of benzene rings is 14. The van der Waals surface area contributed by atoms with Crippen LogP contribution in [0, 0.1) is 0 Å². The zero-order valence-electron chi connectivity index (χ0n) is 53.7. The average molecular weight is 1260 g/mol. The van der Waals surface area contributed by atoms with Crippen LogP contribution in [0.25, 0.3) is 184 Å². The van der Waals surface area contributed by atoms with E-state index in [9.17, 15) is 0 Å². The third-order valence-corrected chi connectivity index (χ3v) is 19.5. The Morgan fingerprint density at radius 3 is 0.737 bits per heavy atom. The van der Waals surface area contributed by atoms with E-state index in [4.69, 9.17) is 19.9 Å². The van der Waals surface area contributed by atoms with Gasteiger partial charge in [0.05, 0.1) is 55.9 Å². The van der Waals surface area contributed by atoms with Gasteiger partial charge < -0.3 is 13.7 Å². The molecule has 99 heavy (non-hydrogen) atoms. The maximum Gasteiger partial charge on any atom is 0.161 e. The van der Waals surface area contributed by atoms with Crippen LogP contribution in [0.5, 0.6) is 0 Å². The van der Waals surface area contributed by atoms with Gasteiger partial charge in [-0.3, -0.25) is 0 Å². The van der Waals surface area contributed by atoms with Gasteiger partial charge in [0.25, 0.3) is 0 Å². The third kappa shape index (κ3) is 9.82. The molecule has 19 aromatic rings. The van der Waals surface area contributed by atoms with Gasteiger partial charge in [0.15, 0.2) is 11.6 Å². The summed E-state index contributed by atoms with van der Waals surface area (Å²) in [7, 11) is 0. The number of rotatable bonds is 12. The van der Waals surface area contributed by atoms with Crippen molar-refractivity contribution in [2.75, 3.05) is 0 Å². The predicted molar refractivity (Wildman–Crippen MR) is 410 cm³/mol. The van der Waals surface area contributed by atoms with Crippen molar-refractivity contribution in [2.24, 2.45) is 0 Å². The van der Waals surface area contributed by atoms with E-state index >= 15 is 0 Å². The minimum atomic E-state index is 0.551. The Hall–Kier alpha value is -13.4. The monoisotopic (exact) mass is 1260 g/mol. The van der Waals surface area contributed by atoms with Crippen molar-refractivity contribution in [1.29, 1.82) is 0 Å². The van der Waals surface area contributed by atoms with E-state index in [0.29, 0.717) is 11.6 Å². The zero-order valence-corrected chi connectivity index (χ0v) is 53.7. The molecule has 0 aliphatic rings. The largest absolute Gasteiger partial charge is 0.309 e. The molecule has 19 rings (SSSR count). The van der Waals surface area contributed by atoms with Gasteiger partial charge in [0.2, 0.25) is 0 Å². The Morgan fingerprint density at radius 2 is 0.424 bits per heavy atom. The maximum absolute atomic E-state index is 5.90. The second-order valence-electron chi connectivity index (χ2n) is 25.2. The summed E-state index contributed by atoms with van der Waals surface area (Å²) in [5, 5.41) is 6.74. The molecule has 5 aromatic heterocycles. The minimum Gasteiger partial charge on any atom is -0.309 e. The van der Waals surface area contributed by atoms with Crippen LogP contribution < -0.4 is 0 Å². The van der Waals surface area contributed by atoms with Gasteiger partial charge in [-0.25, -0.2) is 19.9 Å². The summed E-state index contributed by atoms with van der Waals surface area (Å²) >= 11 is 0. The molecule has 0 radical (unpaired) electrons. The lowest BCUT2D eigenvalue weighted by molar-refractivity contribution is 1.17. The highest BCUT2D eigenvalue weighted by Gasteiger charge is 2.31. The van der Waals surface area contributed by atoms with E-state index in [0.717, 1.165) is 172 Å². The molecule has 0 fully saturated rings. The standard InChI is InChI=1S/C92H59N7/c1-8-28-60(29-9-1)78-58-79(61-30-10-2-11-31-61)94-91(93-78)89-73(64-48-51-85-75(54-64)70-42-22-25-45-82(70)97(85)67-36-16-5-17-37-67)57-74(65-49-52-86-76(55-65)71-43-23-26-46-83(71)98(86)68-38-18-6-19-39-68)90(92-95-80(62-32-12-3-13-33-62)59-81(96-92)63-34-14-4-15-35-63)88(89)66-50-53-87-77(56-66)72-44-24-27-47-84(72)99(87)69-40-20-7-21-41-69/h1-59H. The lowest BCUT2D eigenvalue weighted by Crippen LogP contribution is -2.05. The maximum atomic E-state index is 5.90. The molecular weight excluding hydrogens is 1200 g/mol. The fourth-order valence-electron chi connectivity index (χ4n) is 15.0. The fourth-order valence-corrected chi connectivity index (χ4v) is 15.0. The number of nitrogens with zero attached hydrogens (tertiary/aromatic N) is 7. The molecule has 7 heteroatoms. The summed E-state index contributed by atoms with van der Waals surface area (Å²) in [5.74, 6) is 1.10. The Labute approximate surface area is 571 Å². The van der Waals surface area contributed by atoms with E-state index in [1.165, 1.54) is 0 Å². The molecule has 5 heterocycles. The Bertz CT molecular complexity index is 5880. The lowest BCUT2D eigenvalue weighted by Gasteiger charge is -2.24. The Balaban J connectivity index is 1.03. The molecule has 14 aromatic carbocycles. The molecular formula is C92H59N7. The minimum absolute atomic E-state index is 0.551. The molecule has 0 amide bonds. The van der Waals surface area contributed by atoms with Gasteiger partial charge in [-0.1, -0.05) is 249 Å². The second kappa shape index (κ2) is 23.8. The van der Waals surface area contributed by atoms with Crippen molar-refractivity contribution >= 4 is 65.4 Å². The van der Waals surface area contributed by atoms with Gasteiger partial charge >= 0.3 is 0 Å². The zero-order chi connectivity index (χ0) is 65.3. The molecule has 462 valence electrons. The van der Waals surface area contributed by atoms with Gasteiger partial charge in [0.1, 0.15) is 0 Å². The molecule has 0 aliphatic carbocycles. The van der Waals surface area contributed by atoms with Crippen molar-refractivity contribution in [3.63, 3.8) is 0 Å². The summed E-state index contributed by atoms with van der Waals surface area (Å²) in [6.45, 7) is 0. The summed E-state index contributed by atoms with van der Waals surface area (Å²) in [5.41, 5.74) is 24.3. The van der Waals surface area contributed by atoms with Crippen LogP contribution in [0.15, 0.2) is 358 Å². The van der Waals surface area contributed by atoms with E-state index in [2.05, 4.69) is 372 Å². The van der Waals surface area contributed by atoms with E-state index < -0.39 is 0 Å². The van der Waals surface area contributed by atoms with Crippen molar-refractivity contribution < 1.29 is 0 Å². The van der Waals surface area contributed by atoms with Gasteiger partial charge in [0, 0.05) is 88.3 Å². The third-order valence-electron chi connectivity index (χ3n) is 19.5. The smallest absolute Gasteiger partial charge is 0.161 e. The van der Waals surface area contributed by atoms with Crippen LogP contribution in [0.4, 0.5) is 0 Å². The summed E-state index contributed by atoms with van der Waals surface area (Å²) in [6, 6.07) is 128. The average Bonchev–Trinajstić information content (AvgIpc) is 1.72. The second-order valence-corrected chi connectivity index (χ2v) is 25.2. The van der Waals surface area contributed by atoms with E-state index in [-0.39, 0.29) is 0 Å². The summed E-state index contributed by atoms with van der Waals surface area (Å²) < 4.78 is 7.16. The van der Waals surface area contributed by atoms with E-state index in [1.807, 2.05) is 0 Å². The summed E-state index contributed by atoms with van der Waals surface area (Å²) in [4.78, 5) is 23.6. The topological polar surface area (TPSA) is 66.3 Å². The molecule has 0 unspecified atom stereocenters. The molecule has 0 atom stereocenters. The number of aromatic nitrogens is 7. The van der Waals surface area contributed by atoms with Crippen LogP contribution >= 0.6 is 0 Å². The molecule has 0 saturated carbocycles. The summed E-state index contributed by atoms with van der Waals surface area (Å²) in [6.07, 6.45) is 0. The molecule has 7 nitrogen and oxygen atoms in total. The van der Waals surface area contributed by atoms with Crippen LogP contribution in [-0.4, -0.2) is 33.6 Å². The highest BCUT2D eigenvalue weighted by Crippen LogP contribution is 2.53.